The van der Waals surface area contributed by atoms with Crippen LogP contribution in [0.25, 0.3) is 22.3 Å². The Kier molecular flexibility index (Phi) is 4.90. The second kappa shape index (κ2) is 7.66. The van der Waals surface area contributed by atoms with Crippen LogP contribution in [0.3, 0.4) is 0 Å². The zero-order valence-corrected chi connectivity index (χ0v) is 15.5. The number of aromatic nitrogens is 3. The van der Waals surface area contributed by atoms with Crippen LogP contribution in [0.15, 0.2) is 59.1 Å². The number of pyridine rings is 1. The zero-order chi connectivity index (χ0) is 19.5. The van der Waals surface area contributed by atoms with Crippen LogP contribution in [0.4, 0.5) is 0 Å². The van der Waals surface area contributed by atoms with Gasteiger partial charge in [0.05, 0.1) is 23.8 Å². The first-order valence-electron chi connectivity index (χ1n) is 8.34. The first-order chi connectivity index (χ1) is 13.7. The quantitative estimate of drug-likeness (QED) is 0.367. The molecule has 0 saturated carbocycles. The van der Waals surface area contributed by atoms with Crippen LogP contribution < -0.4 is 4.74 Å². The number of nitrogens with zero attached hydrogens (tertiary/aromatic N) is 3. The number of benzene rings is 2. The molecule has 2 aromatic heterocycles. The summed E-state index contributed by atoms with van der Waals surface area (Å²) in [4.78, 5) is 21.0. The lowest BCUT2D eigenvalue weighted by Crippen LogP contribution is -2.07. The van der Waals surface area contributed by atoms with Crippen molar-refractivity contribution < 1.29 is 18.8 Å². The highest BCUT2D eigenvalue weighted by Gasteiger charge is 2.17. The van der Waals surface area contributed by atoms with E-state index in [4.69, 9.17) is 25.6 Å². The Morgan fingerprint density at radius 3 is 2.75 bits per heavy atom. The minimum Gasteiger partial charge on any atom is -0.496 e. The number of rotatable bonds is 5. The fourth-order valence-corrected chi connectivity index (χ4v) is 2.97. The van der Waals surface area contributed by atoms with Crippen molar-refractivity contribution in [3.63, 3.8) is 0 Å². The molecule has 2 heterocycles. The average Bonchev–Trinajstić information content (AvgIpc) is 3.20. The van der Waals surface area contributed by atoms with Gasteiger partial charge in [0.15, 0.2) is 6.61 Å². The van der Waals surface area contributed by atoms with Gasteiger partial charge in [-0.1, -0.05) is 47.1 Å². The minimum atomic E-state index is -0.558. The molecule has 2 aromatic carbocycles. The number of hydrogen-bond donors (Lipinski definition) is 0. The second-order valence-electron chi connectivity index (χ2n) is 5.80. The molecule has 4 rings (SSSR count). The lowest BCUT2D eigenvalue weighted by atomic mass is 10.1. The Hall–Kier alpha value is -3.45. The van der Waals surface area contributed by atoms with Crippen LogP contribution >= 0.6 is 11.6 Å². The summed E-state index contributed by atoms with van der Waals surface area (Å²) < 4.78 is 15.8. The summed E-state index contributed by atoms with van der Waals surface area (Å²) in [6, 6.07) is 15.9. The maximum absolute atomic E-state index is 12.5. The highest BCUT2D eigenvalue weighted by molar-refractivity contribution is 6.30. The summed E-state index contributed by atoms with van der Waals surface area (Å²) >= 11 is 6.01. The van der Waals surface area contributed by atoms with Crippen molar-refractivity contribution in [2.45, 2.75) is 6.61 Å². The molecule has 28 heavy (non-hydrogen) atoms. The van der Waals surface area contributed by atoms with Gasteiger partial charge in [-0.3, -0.25) is 0 Å². The fourth-order valence-electron chi connectivity index (χ4n) is 2.77. The van der Waals surface area contributed by atoms with E-state index in [0.717, 1.165) is 0 Å². The van der Waals surface area contributed by atoms with Gasteiger partial charge in [-0.25, -0.2) is 9.78 Å². The van der Waals surface area contributed by atoms with Crippen LogP contribution in [-0.4, -0.2) is 28.2 Å². The van der Waals surface area contributed by atoms with Crippen molar-refractivity contribution in [3.8, 4) is 17.1 Å². The number of fused-ring (bicyclic) bond motifs is 1. The van der Waals surface area contributed by atoms with Crippen molar-refractivity contribution in [1.82, 2.24) is 15.1 Å². The number of hydrogen-bond acceptors (Lipinski definition) is 7. The SMILES string of the molecule is COc1ccccc1-c1noc(COC(=O)c2cc(Cl)nc3ccccc23)n1. The predicted molar refractivity (Wildman–Crippen MR) is 102 cm³/mol. The number of carbonyl (C=O) groups is 1. The lowest BCUT2D eigenvalue weighted by molar-refractivity contribution is 0.0432. The van der Waals surface area contributed by atoms with E-state index in [-0.39, 0.29) is 17.7 Å². The zero-order valence-electron chi connectivity index (χ0n) is 14.8. The van der Waals surface area contributed by atoms with Crippen LogP contribution in [0, 0.1) is 0 Å². The molecule has 140 valence electrons. The minimum absolute atomic E-state index is 0.165. The van der Waals surface area contributed by atoms with E-state index in [1.54, 1.807) is 25.3 Å². The standard InChI is InChI=1S/C20H14ClN3O4/c1-26-16-9-5-3-7-13(16)19-23-18(28-24-19)11-27-20(25)14-10-17(21)22-15-8-4-2-6-12(14)15/h2-10H,11H2,1H3. The average molecular weight is 396 g/mol. The summed E-state index contributed by atoms with van der Waals surface area (Å²) in [5.74, 6) is 0.571. The van der Waals surface area contributed by atoms with Gasteiger partial charge >= 0.3 is 5.97 Å². The number of methoxy groups -OCH3 is 1. The van der Waals surface area contributed by atoms with E-state index in [2.05, 4.69) is 15.1 Å². The molecule has 7 nitrogen and oxygen atoms in total. The molecule has 0 aliphatic rings. The van der Waals surface area contributed by atoms with Crippen molar-refractivity contribution in [2.24, 2.45) is 0 Å². The van der Waals surface area contributed by atoms with Gasteiger partial charge in [-0.15, -0.1) is 0 Å². The monoisotopic (exact) mass is 395 g/mol. The van der Waals surface area contributed by atoms with E-state index in [1.807, 2.05) is 30.3 Å². The first-order valence-corrected chi connectivity index (χ1v) is 8.72. The molecule has 0 saturated heterocycles. The van der Waals surface area contributed by atoms with Gasteiger partial charge in [0, 0.05) is 5.39 Å². The molecule has 0 fully saturated rings. The normalized spacial score (nSPS) is 10.8. The third kappa shape index (κ3) is 3.52. The Balaban J connectivity index is 1.53. The summed E-state index contributed by atoms with van der Waals surface area (Å²) in [5.41, 5.74) is 1.61. The molecular weight excluding hydrogens is 382 g/mol. The van der Waals surface area contributed by atoms with Gasteiger partial charge in [0.25, 0.3) is 5.89 Å². The van der Waals surface area contributed by atoms with Crippen molar-refractivity contribution in [3.05, 3.63) is 71.2 Å². The molecule has 0 spiro atoms. The van der Waals surface area contributed by atoms with E-state index in [0.29, 0.717) is 33.6 Å². The number of carbonyl (C=O) groups excluding carboxylic acids is 1. The summed E-state index contributed by atoms with van der Waals surface area (Å²) in [6.07, 6.45) is 0. The summed E-state index contributed by atoms with van der Waals surface area (Å²) in [6.45, 7) is -0.171. The number of halogens is 1. The van der Waals surface area contributed by atoms with Crippen LogP contribution in [0.5, 0.6) is 5.75 Å². The summed E-state index contributed by atoms with van der Waals surface area (Å²) in [7, 11) is 1.56. The molecule has 0 N–H and O–H groups in total. The molecule has 0 aliphatic heterocycles. The fraction of sp³-hybridized carbons (Fsp3) is 0.100. The summed E-state index contributed by atoms with van der Waals surface area (Å²) in [5, 5.41) is 4.78. The molecule has 0 unspecified atom stereocenters. The second-order valence-corrected chi connectivity index (χ2v) is 6.19. The van der Waals surface area contributed by atoms with Crippen LogP contribution in [-0.2, 0) is 11.3 Å². The molecule has 0 atom stereocenters. The highest BCUT2D eigenvalue weighted by Crippen LogP contribution is 2.27. The maximum atomic E-state index is 12.5. The Bertz CT molecular complexity index is 1160. The molecule has 0 aliphatic carbocycles. The van der Waals surface area contributed by atoms with Crippen molar-refractivity contribution >= 4 is 28.5 Å². The molecule has 0 amide bonds. The predicted octanol–water partition coefficient (Wildman–Crippen LogP) is 4.30. The van der Waals surface area contributed by atoms with Gasteiger partial charge in [0.1, 0.15) is 10.9 Å². The number of esters is 1. The first kappa shape index (κ1) is 17.9. The van der Waals surface area contributed by atoms with Gasteiger partial charge in [-0.2, -0.15) is 4.98 Å². The van der Waals surface area contributed by atoms with E-state index in [1.165, 1.54) is 6.07 Å². The highest BCUT2D eigenvalue weighted by atomic mass is 35.5. The Morgan fingerprint density at radius 2 is 1.89 bits per heavy atom. The molecule has 0 bridgehead atoms. The van der Waals surface area contributed by atoms with Gasteiger partial charge < -0.3 is 14.0 Å². The van der Waals surface area contributed by atoms with Crippen LogP contribution in [0.1, 0.15) is 16.2 Å². The van der Waals surface area contributed by atoms with Crippen LogP contribution in [0.2, 0.25) is 5.15 Å². The molecule has 0 radical (unpaired) electrons. The topological polar surface area (TPSA) is 87.3 Å². The Labute approximate surface area is 164 Å². The van der Waals surface area contributed by atoms with E-state index in [9.17, 15) is 4.79 Å². The third-order valence-electron chi connectivity index (χ3n) is 4.05. The molecule has 4 aromatic rings. The lowest BCUT2D eigenvalue weighted by Gasteiger charge is -2.06. The van der Waals surface area contributed by atoms with E-state index < -0.39 is 5.97 Å². The Morgan fingerprint density at radius 1 is 1.11 bits per heavy atom. The molecule has 8 heteroatoms. The third-order valence-corrected chi connectivity index (χ3v) is 4.24. The largest absolute Gasteiger partial charge is 0.496 e. The number of para-hydroxylation sites is 2. The van der Waals surface area contributed by atoms with Crippen molar-refractivity contribution in [2.75, 3.05) is 7.11 Å². The van der Waals surface area contributed by atoms with Gasteiger partial charge in [-0.05, 0) is 24.3 Å². The smallest absolute Gasteiger partial charge is 0.339 e. The maximum Gasteiger partial charge on any atom is 0.339 e. The van der Waals surface area contributed by atoms with Gasteiger partial charge in [0.2, 0.25) is 5.82 Å². The van der Waals surface area contributed by atoms with Crippen molar-refractivity contribution in [1.29, 1.82) is 0 Å². The number of ether oxygens (including phenoxy) is 2. The molecular formula is C20H14ClN3O4. The van der Waals surface area contributed by atoms with E-state index >= 15 is 0 Å².